The van der Waals surface area contributed by atoms with E-state index in [-0.39, 0.29) is 18.5 Å². The smallest absolute Gasteiger partial charge is 0.322 e. The number of nitrogens with zero attached hydrogens (tertiary/aromatic N) is 1. The van der Waals surface area contributed by atoms with Crippen LogP contribution in [0.3, 0.4) is 0 Å². The summed E-state index contributed by atoms with van der Waals surface area (Å²) in [6.07, 6.45) is 0.460. The lowest BCUT2D eigenvalue weighted by Crippen LogP contribution is -2.50. The number of imide groups is 1. The molecule has 7 nitrogen and oxygen atoms in total. The average molecular weight is 226 g/mol. The fourth-order valence-corrected chi connectivity index (χ4v) is 2.06. The van der Waals surface area contributed by atoms with Gasteiger partial charge in [-0.2, -0.15) is 0 Å². The van der Waals surface area contributed by atoms with Crippen LogP contribution in [0.25, 0.3) is 0 Å². The maximum absolute atomic E-state index is 11.6. The molecule has 0 aromatic carbocycles. The molecular weight excluding hydrogens is 212 g/mol. The first-order chi connectivity index (χ1) is 7.57. The average Bonchev–Trinajstić information content (AvgIpc) is 2.74. The Labute approximate surface area is 92.5 Å². The van der Waals surface area contributed by atoms with Crippen molar-refractivity contribution < 1.29 is 14.4 Å². The molecule has 0 aromatic heterocycles. The van der Waals surface area contributed by atoms with Gasteiger partial charge in [-0.25, -0.2) is 9.59 Å². The molecule has 2 saturated heterocycles. The minimum absolute atomic E-state index is 0.201. The molecule has 1 spiro atoms. The van der Waals surface area contributed by atoms with Crippen LogP contribution in [-0.4, -0.2) is 48.0 Å². The number of hydrogen-bond donors (Lipinski definition) is 3. The van der Waals surface area contributed by atoms with Crippen molar-refractivity contribution in [1.82, 2.24) is 20.9 Å². The molecule has 0 bridgehead atoms. The summed E-state index contributed by atoms with van der Waals surface area (Å²) in [6.45, 7) is 3.07. The third-order valence-corrected chi connectivity index (χ3v) is 2.90. The molecule has 0 aliphatic carbocycles. The molecule has 3 N–H and O–H groups in total. The van der Waals surface area contributed by atoms with Crippen LogP contribution in [0, 0.1) is 0 Å². The van der Waals surface area contributed by atoms with Crippen molar-refractivity contribution in [1.29, 1.82) is 0 Å². The van der Waals surface area contributed by atoms with E-state index in [1.165, 1.54) is 4.90 Å². The predicted molar refractivity (Wildman–Crippen MR) is 54.7 cm³/mol. The van der Waals surface area contributed by atoms with E-state index in [9.17, 15) is 14.4 Å². The van der Waals surface area contributed by atoms with E-state index in [0.29, 0.717) is 19.5 Å². The van der Waals surface area contributed by atoms with Gasteiger partial charge in [-0.3, -0.25) is 10.1 Å². The van der Waals surface area contributed by atoms with Gasteiger partial charge in [0, 0.05) is 13.1 Å². The van der Waals surface area contributed by atoms with Crippen molar-refractivity contribution >= 4 is 18.0 Å². The highest BCUT2D eigenvalue weighted by atomic mass is 16.2. The zero-order chi connectivity index (χ0) is 11.8. The van der Waals surface area contributed by atoms with Gasteiger partial charge in [-0.1, -0.05) is 0 Å². The number of likely N-dealkylation sites (tertiary alicyclic amines) is 1. The first-order valence-electron chi connectivity index (χ1n) is 5.24. The quantitative estimate of drug-likeness (QED) is 0.501. The second kappa shape index (κ2) is 3.66. The van der Waals surface area contributed by atoms with Crippen molar-refractivity contribution in [3.63, 3.8) is 0 Å². The normalized spacial score (nSPS) is 28.2. The molecule has 2 heterocycles. The van der Waals surface area contributed by atoms with Crippen LogP contribution in [0.15, 0.2) is 0 Å². The number of amides is 5. The number of carbonyl (C=O) groups excluding carboxylic acids is 3. The summed E-state index contributed by atoms with van der Waals surface area (Å²) in [5, 5.41) is 7.44. The van der Waals surface area contributed by atoms with Gasteiger partial charge < -0.3 is 15.5 Å². The molecule has 7 heteroatoms. The zero-order valence-corrected chi connectivity index (χ0v) is 9.00. The highest BCUT2D eigenvalue weighted by Gasteiger charge is 2.51. The number of nitrogens with one attached hydrogen (secondary N) is 3. The predicted octanol–water partition coefficient (Wildman–Crippen LogP) is -1.00. The van der Waals surface area contributed by atoms with Gasteiger partial charge in [-0.05, 0) is 13.3 Å². The summed E-state index contributed by atoms with van der Waals surface area (Å²) < 4.78 is 0. The number of hydrogen-bond acceptors (Lipinski definition) is 3. The van der Waals surface area contributed by atoms with Crippen LogP contribution in [0.4, 0.5) is 9.59 Å². The minimum atomic E-state index is -0.915. The van der Waals surface area contributed by atoms with Crippen molar-refractivity contribution in [3.8, 4) is 0 Å². The molecular formula is C9H14N4O3. The zero-order valence-electron chi connectivity index (χ0n) is 9.00. The van der Waals surface area contributed by atoms with E-state index in [1.54, 1.807) is 0 Å². The Morgan fingerprint density at radius 3 is 2.88 bits per heavy atom. The van der Waals surface area contributed by atoms with Gasteiger partial charge in [0.1, 0.15) is 5.54 Å². The summed E-state index contributed by atoms with van der Waals surface area (Å²) in [5.74, 6) is -0.343. The molecule has 16 heavy (non-hydrogen) atoms. The fraction of sp³-hybridized carbons (Fsp3) is 0.667. The molecule has 5 amide bonds. The van der Waals surface area contributed by atoms with Gasteiger partial charge in [0.15, 0.2) is 0 Å². The Morgan fingerprint density at radius 2 is 2.31 bits per heavy atom. The summed E-state index contributed by atoms with van der Waals surface area (Å²) >= 11 is 0. The van der Waals surface area contributed by atoms with Crippen molar-refractivity contribution in [2.75, 3.05) is 19.6 Å². The third kappa shape index (κ3) is 1.58. The van der Waals surface area contributed by atoms with Crippen molar-refractivity contribution in [2.24, 2.45) is 0 Å². The monoisotopic (exact) mass is 226 g/mol. The van der Waals surface area contributed by atoms with Crippen LogP contribution in [0.1, 0.15) is 13.3 Å². The molecule has 1 atom stereocenters. The summed E-state index contributed by atoms with van der Waals surface area (Å²) in [7, 11) is 0. The van der Waals surface area contributed by atoms with Gasteiger partial charge in [0.2, 0.25) is 0 Å². The Bertz CT molecular complexity index is 357. The van der Waals surface area contributed by atoms with E-state index in [0.717, 1.165) is 0 Å². The first kappa shape index (κ1) is 10.7. The summed E-state index contributed by atoms with van der Waals surface area (Å²) in [4.78, 5) is 35.7. The first-order valence-corrected chi connectivity index (χ1v) is 5.24. The topological polar surface area (TPSA) is 90.5 Å². The lowest BCUT2D eigenvalue weighted by atomic mass is 10.00. The van der Waals surface area contributed by atoms with E-state index in [2.05, 4.69) is 16.0 Å². The van der Waals surface area contributed by atoms with Crippen LogP contribution < -0.4 is 16.0 Å². The Hall–Kier alpha value is -1.79. The van der Waals surface area contributed by atoms with Crippen molar-refractivity contribution in [2.45, 2.75) is 18.9 Å². The highest BCUT2D eigenvalue weighted by Crippen LogP contribution is 2.24. The molecule has 0 saturated carbocycles. The maximum Gasteiger partial charge on any atom is 0.322 e. The molecule has 2 aliphatic heterocycles. The van der Waals surface area contributed by atoms with E-state index in [4.69, 9.17) is 0 Å². The SMILES string of the molecule is CCNC(=O)N1CCC2(C1)NC(=O)NC2=O. The molecule has 2 rings (SSSR count). The van der Waals surface area contributed by atoms with Crippen molar-refractivity contribution in [3.05, 3.63) is 0 Å². The second-order valence-corrected chi connectivity index (χ2v) is 4.00. The van der Waals surface area contributed by atoms with Crippen LogP contribution >= 0.6 is 0 Å². The van der Waals surface area contributed by atoms with Gasteiger partial charge >= 0.3 is 12.1 Å². The molecule has 2 aliphatic rings. The number of carbonyl (C=O) groups is 3. The molecule has 0 radical (unpaired) electrons. The van der Waals surface area contributed by atoms with Gasteiger partial charge in [0.25, 0.3) is 5.91 Å². The fourth-order valence-electron chi connectivity index (χ4n) is 2.06. The van der Waals surface area contributed by atoms with Crippen LogP contribution in [0.5, 0.6) is 0 Å². The molecule has 1 unspecified atom stereocenters. The second-order valence-electron chi connectivity index (χ2n) is 4.00. The molecule has 88 valence electrons. The Balaban J connectivity index is 2.05. The standard InChI is InChI=1S/C9H14N4O3/c1-2-10-8(16)13-4-3-9(5-13)6(14)11-7(15)12-9/h2-5H2,1H3,(H,10,16)(H2,11,12,14,15). The van der Waals surface area contributed by atoms with E-state index >= 15 is 0 Å². The Kier molecular flexibility index (Phi) is 2.45. The minimum Gasteiger partial charge on any atom is -0.338 e. The largest absolute Gasteiger partial charge is 0.338 e. The third-order valence-electron chi connectivity index (χ3n) is 2.90. The van der Waals surface area contributed by atoms with Gasteiger partial charge in [-0.15, -0.1) is 0 Å². The van der Waals surface area contributed by atoms with E-state index < -0.39 is 11.6 Å². The molecule has 2 fully saturated rings. The van der Waals surface area contributed by atoms with Crippen LogP contribution in [0.2, 0.25) is 0 Å². The van der Waals surface area contributed by atoms with Crippen LogP contribution in [-0.2, 0) is 4.79 Å². The highest BCUT2D eigenvalue weighted by molar-refractivity contribution is 6.07. The van der Waals surface area contributed by atoms with E-state index in [1.807, 2.05) is 6.92 Å². The molecule has 0 aromatic rings. The lowest BCUT2D eigenvalue weighted by molar-refractivity contribution is -0.123. The number of rotatable bonds is 1. The lowest BCUT2D eigenvalue weighted by Gasteiger charge is -2.21. The summed E-state index contributed by atoms with van der Waals surface area (Å²) in [6, 6.07) is -0.684. The number of urea groups is 2. The summed E-state index contributed by atoms with van der Waals surface area (Å²) in [5.41, 5.74) is -0.915. The van der Waals surface area contributed by atoms with Gasteiger partial charge in [0.05, 0.1) is 6.54 Å². The maximum atomic E-state index is 11.6. The Morgan fingerprint density at radius 1 is 1.56 bits per heavy atom.